The molecular formula is C18H16N4O4S. The van der Waals surface area contributed by atoms with E-state index in [9.17, 15) is 13.2 Å². The molecule has 3 aromatic rings. The normalized spacial score (nSPS) is 13.4. The Labute approximate surface area is 155 Å². The Morgan fingerprint density at radius 3 is 2.70 bits per heavy atom. The molecule has 0 spiro atoms. The molecule has 0 aliphatic carbocycles. The fourth-order valence-corrected chi connectivity index (χ4v) is 3.78. The van der Waals surface area contributed by atoms with Gasteiger partial charge in [-0.2, -0.15) is 0 Å². The zero-order valence-electron chi connectivity index (χ0n) is 14.4. The van der Waals surface area contributed by atoms with Crippen molar-refractivity contribution < 1.29 is 17.6 Å². The molecule has 0 saturated carbocycles. The van der Waals surface area contributed by atoms with Crippen LogP contribution in [0.3, 0.4) is 0 Å². The quantitative estimate of drug-likeness (QED) is 0.696. The van der Waals surface area contributed by atoms with Gasteiger partial charge in [0.2, 0.25) is 27.7 Å². The van der Waals surface area contributed by atoms with Crippen LogP contribution in [-0.2, 0) is 27.8 Å². The van der Waals surface area contributed by atoms with E-state index in [1.165, 1.54) is 12.1 Å². The molecule has 2 heterocycles. The van der Waals surface area contributed by atoms with Gasteiger partial charge in [0.15, 0.2) is 0 Å². The van der Waals surface area contributed by atoms with E-state index < -0.39 is 10.0 Å². The summed E-state index contributed by atoms with van der Waals surface area (Å²) in [4.78, 5) is 11.5. The smallest absolute Gasteiger partial charge is 0.247 e. The predicted octanol–water partition coefficient (Wildman–Crippen LogP) is 2.02. The van der Waals surface area contributed by atoms with Gasteiger partial charge in [-0.25, -0.2) is 13.1 Å². The Morgan fingerprint density at radius 2 is 1.93 bits per heavy atom. The van der Waals surface area contributed by atoms with Crippen LogP contribution in [0.5, 0.6) is 0 Å². The summed E-state index contributed by atoms with van der Waals surface area (Å²) in [5, 5.41) is 10.5. The molecule has 0 radical (unpaired) electrons. The van der Waals surface area contributed by atoms with Gasteiger partial charge < -0.3 is 9.73 Å². The van der Waals surface area contributed by atoms with Gasteiger partial charge in [0.05, 0.1) is 17.9 Å². The first kappa shape index (κ1) is 17.4. The summed E-state index contributed by atoms with van der Waals surface area (Å²) in [6.45, 7) is 1.85. The van der Waals surface area contributed by atoms with E-state index in [0.717, 1.165) is 11.1 Å². The highest BCUT2D eigenvalue weighted by Crippen LogP contribution is 2.26. The second-order valence-corrected chi connectivity index (χ2v) is 8.00. The number of carbonyl (C=O) groups excluding carboxylic acids is 1. The first-order chi connectivity index (χ1) is 12.9. The van der Waals surface area contributed by atoms with Gasteiger partial charge in [-0.05, 0) is 42.8 Å². The van der Waals surface area contributed by atoms with E-state index in [1.807, 2.05) is 31.2 Å². The number of benzene rings is 2. The minimum Gasteiger partial charge on any atom is -0.419 e. The zero-order valence-corrected chi connectivity index (χ0v) is 15.2. The molecule has 9 heteroatoms. The van der Waals surface area contributed by atoms with Crippen molar-refractivity contribution in [3.8, 4) is 11.5 Å². The molecule has 1 aromatic heterocycles. The van der Waals surface area contributed by atoms with E-state index >= 15 is 0 Å². The van der Waals surface area contributed by atoms with Crippen molar-refractivity contribution in [2.75, 3.05) is 5.32 Å². The summed E-state index contributed by atoms with van der Waals surface area (Å²) >= 11 is 0. The largest absolute Gasteiger partial charge is 0.419 e. The Morgan fingerprint density at radius 1 is 1.15 bits per heavy atom. The first-order valence-electron chi connectivity index (χ1n) is 8.22. The molecule has 0 bridgehead atoms. The van der Waals surface area contributed by atoms with Crippen molar-refractivity contribution in [1.29, 1.82) is 0 Å². The van der Waals surface area contributed by atoms with Crippen molar-refractivity contribution in [2.24, 2.45) is 0 Å². The highest BCUT2D eigenvalue weighted by atomic mass is 32.2. The van der Waals surface area contributed by atoms with Gasteiger partial charge in [-0.1, -0.05) is 17.7 Å². The number of nitrogens with one attached hydrogen (secondary N) is 2. The van der Waals surface area contributed by atoms with E-state index in [-0.39, 0.29) is 29.7 Å². The summed E-state index contributed by atoms with van der Waals surface area (Å²) in [5.74, 6) is 0.334. The number of carbonyl (C=O) groups is 1. The molecule has 0 atom stereocenters. The fraction of sp³-hybridized carbons (Fsp3) is 0.167. The molecule has 27 heavy (non-hydrogen) atoms. The van der Waals surface area contributed by atoms with E-state index in [2.05, 4.69) is 20.2 Å². The lowest BCUT2D eigenvalue weighted by Gasteiger charge is -2.06. The van der Waals surface area contributed by atoms with Crippen LogP contribution in [-0.4, -0.2) is 24.5 Å². The maximum Gasteiger partial charge on any atom is 0.247 e. The third kappa shape index (κ3) is 3.60. The fourth-order valence-electron chi connectivity index (χ4n) is 2.75. The topological polar surface area (TPSA) is 114 Å². The van der Waals surface area contributed by atoms with Crippen molar-refractivity contribution in [3.63, 3.8) is 0 Å². The van der Waals surface area contributed by atoms with E-state index in [0.29, 0.717) is 17.1 Å². The number of sulfonamides is 1. The molecule has 0 unspecified atom stereocenters. The molecular weight excluding hydrogens is 368 g/mol. The maximum atomic E-state index is 12.5. The number of anilines is 1. The highest BCUT2D eigenvalue weighted by molar-refractivity contribution is 7.89. The van der Waals surface area contributed by atoms with Crippen LogP contribution in [0.25, 0.3) is 11.5 Å². The minimum atomic E-state index is -3.78. The van der Waals surface area contributed by atoms with Crippen LogP contribution >= 0.6 is 0 Å². The van der Waals surface area contributed by atoms with Crippen molar-refractivity contribution in [2.45, 2.75) is 24.8 Å². The van der Waals surface area contributed by atoms with Gasteiger partial charge in [0, 0.05) is 11.3 Å². The Balaban J connectivity index is 1.48. The molecule has 1 aliphatic rings. The van der Waals surface area contributed by atoms with Crippen LogP contribution in [0.15, 0.2) is 51.8 Å². The lowest BCUT2D eigenvalue weighted by atomic mass is 10.1. The second kappa shape index (κ2) is 6.60. The molecule has 8 nitrogen and oxygen atoms in total. The van der Waals surface area contributed by atoms with Crippen molar-refractivity contribution in [3.05, 3.63) is 59.5 Å². The first-order valence-corrected chi connectivity index (χ1v) is 9.71. The Kier molecular flexibility index (Phi) is 4.25. The number of fused-ring (bicyclic) bond motifs is 1. The minimum absolute atomic E-state index is 0.0797. The van der Waals surface area contributed by atoms with Gasteiger partial charge in [-0.15, -0.1) is 10.2 Å². The van der Waals surface area contributed by atoms with E-state index in [4.69, 9.17) is 4.42 Å². The Hall–Kier alpha value is -3.04. The standard InChI is InChI=1S/C18H16N4O4S/c1-11-2-4-12(5-3-11)18-22-21-17(26-18)10-19-27(24,25)14-6-7-15-13(8-14)9-16(23)20-15/h2-8,19H,9-10H2,1H3,(H,20,23). The number of rotatable bonds is 5. The highest BCUT2D eigenvalue weighted by Gasteiger charge is 2.22. The predicted molar refractivity (Wildman–Crippen MR) is 97.3 cm³/mol. The average molecular weight is 384 g/mol. The molecule has 2 aromatic carbocycles. The summed E-state index contributed by atoms with van der Waals surface area (Å²) in [6, 6.07) is 12.1. The zero-order chi connectivity index (χ0) is 19.0. The summed E-state index contributed by atoms with van der Waals surface area (Å²) in [6.07, 6.45) is 0.169. The molecule has 1 amide bonds. The second-order valence-electron chi connectivity index (χ2n) is 6.24. The number of aromatic nitrogens is 2. The summed E-state index contributed by atoms with van der Waals surface area (Å²) < 4.78 is 33.0. The van der Waals surface area contributed by atoms with Gasteiger partial charge in [0.1, 0.15) is 0 Å². The Bertz CT molecular complexity index is 1120. The SMILES string of the molecule is Cc1ccc(-c2nnc(CNS(=O)(=O)c3ccc4c(c3)CC(=O)N4)o2)cc1. The van der Waals surface area contributed by atoms with Crippen LogP contribution in [0.2, 0.25) is 0 Å². The summed E-state index contributed by atoms with van der Waals surface area (Å²) in [7, 11) is -3.78. The maximum absolute atomic E-state index is 12.5. The lowest BCUT2D eigenvalue weighted by Crippen LogP contribution is -2.23. The third-order valence-electron chi connectivity index (χ3n) is 4.19. The molecule has 1 aliphatic heterocycles. The number of amides is 1. The monoisotopic (exact) mass is 384 g/mol. The van der Waals surface area contributed by atoms with Gasteiger partial charge in [0.25, 0.3) is 0 Å². The molecule has 4 rings (SSSR count). The third-order valence-corrected chi connectivity index (χ3v) is 5.59. The number of nitrogens with zero attached hydrogens (tertiary/aromatic N) is 2. The molecule has 0 saturated heterocycles. The number of aryl methyl sites for hydroxylation is 1. The molecule has 0 fully saturated rings. The van der Waals surface area contributed by atoms with Crippen molar-refractivity contribution >= 4 is 21.6 Å². The van der Waals surface area contributed by atoms with Crippen molar-refractivity contribution in [1.82, 2.24) is 14.9 Å². The van der Waals surface area contributed by atoms with E-state index in [1.54, 1.807) is 6.07 Å². The number of hydrogen-bond donors (Lipinski definition) is 2. The van der Waals surface area contributed by atoms with Crippen LogP contribution in [0.1, 0.15) is 17.0 Å². The van der Waals surface area contributed by atoms with Crippen LogP contribution in [0.4, 0.5) is 5.69 Å². The molecule has 138 valence electrons. The van der Waals surface area contributed by atoms with Gasteiger partial charge >= 0.3 is 0 Å². The van der Waals surface area contributed by atoms with Crippen LogP contribution < -0.4 is 10.0 Å². The van der Waals surface area contributed by atoms with Crippen LogP contribution in [0, 0.1) is 6.92 Å². The summed E-state index contributed by atoms with van der Waals surface area (Å²) in [5.41, 5.74) is 3.16. The lowest BCUT2D eigenvalue weighted by molar-refractivity contribution is -0.115. The van der Waals surface area contributed by atoms with Gasteiger partial charge in [-0.3, -0.25) is 4.79 Å². The number of hydrogen-bond acceptors (Lipinski definition) is 6. The average Bonchev–Trinajstić information content (AvgIpc) is 3.25. The molecule has 2 N–H and O–H groups in total.